The second-order valence-corrected chi connectivity index (χ2v) is 7.05. The number of rotatable bonds is 5. The predicted octanol–water partition coefficient (Wildman–Crippen LogP) is 4.08. The third-order valence-corrected chi connectivity index (χ3v) is 5.34. The SMILES string of the molecule is Cc1cc(SCC(=O)NCc2nc(C)c(C)o2)c(C)cc1Br. The van der Waals surface area contributed by atoms with Gasteiger partial charge in [0.05, 0.1) is 18.0 Å². The molecule has 0 bridgehead atoms. The van der Waals surface area contributed by atoms with Crippen LogP contribution in [0.25, 0.3) is 0 Å². The number of aromatic nitrogens is 1. The number of thioether (sulfide) groups is 1. The number of nitrogens with one attached hydrogen (secondary N) is 1. The van der Waals surface area contributed by atoms with Gasteiger partial charge in [-0.15, -0.1) is 11.8 Å². The first-order valence-corrected chi connectivity index (χ1v) is 8.74. The third kappa shape index (κ3) is 4.36. The number of hydrogen-bond donors (Lipinski definition) is 1. The van der Waals surface area contributed by atoms with Crippen LogP contribution in [0.15, 0.2) is 25.9 Å². The van der Waals surface area contributed by atoms with Gasteiger partial charge in [-0.2, -0.15) is 0 Å². The molecule has 0 atom stereocenters. The van der Waals surface area contributed by atoms with E-state index in [2.05, 4.69) is 38.4 Å². The van der Waals surface area contributed by atoms with Gasteiger partial charge in [-0.25, -0.2) is 4.98 Å². The molecule has 0 spiro atoms. The van der Waals surface area contributed by atoms with E-state index < -0.39 is 0 Å². The van der Waals surface area contributed by atoms with Crippen molar-refractivity contribution in [1.82, 2.24) is 10.3 Å². The van der Waals surface area contributed by atoms with Gasteiger partial charge < -0.3 is 9.73 Å². The van der Waals surface area contributed by atoms with E-state index in [0.29, 0.717) is 18.2 Å². The molecule has 2 rings (SSSR count). The van der Waals surface area contributed by atoms with Gasteiger partial charge >= 0.3 is 0 Å². The quantitative estimate of drug-likeness (QED) is 0.791. The Labute approximate surface area is 143 Å². The average molecular weight is 383 g/mol. The Morgan fingerprint density at radius 2 is 2.00 bits per heavy atom. The summed E-state index contributed by atoms with van der Waals surface area (Å²) < 4.78 is 6.53. The first-order chi connectivity index (χ1) is 10.4. The van der Waals surface area contributed by atoms with Gasteiger partial charge in [0.2, 0.25) is 11.8 Å². The molecule has 118 valence electrons. The van der Waals surface area contributed by atoms with E-state index >= 15 is 0 Å². The largest absolute Gasteiger partial charge is 0.444 e. The minimum Gasteiger partial charge on any atom is -0.444 e. The van der Waals surface area contributed by atoms with Gasteiger partial charge in [-0.1, -0.05) is 15.9 Å². The van der Waals surface area contributed by atoms with Crippen molar-refractivity contribution in [2.24, 2.45) is 0 Å². The Hall–Kier alpha value is -1.27. The molecule has 1 aromatic heterocycles. The summed E-state index contributed by atoms with van der Waals surface area (Å²) in [5.41, 5.74) is 3.19. The number of carbonyl (C=O) groups excluding carboxylic acids is 1. The number of carbonyl (C=O) groups is 1. The van der Waals surface area contributed by atoms with Gasteiger partial charge in [-0.3, -0.25) is 4.79 Å². The summed E-state index contributed by atoms with van der Waals surface area (Å²) in [5.74, 6) is 1.68. The molecule has 1 amide bonds. The number of hydrogen-bond acceptors (Lipinski definition) is 4. The summed E-state index contributed by atoms with van der Waals surface area (Å²) >= 11 is 5.05. The molecule has 0 fully saturated rings. The Balaban J connectivity index is 1.86. The van der Waals surface area contributed by atoms with Crippen molar-refractivity contribution in [3.8, 4) is 0 Å². The topological polar surface area (TPSA) is 55.1 Å². The lowest BCUT2D eigenvalue weighted by Gasteiger charge is -2.08. The van der Waals surface area contributed by atoms with Crippen LogP contribution in [0, 0.1) is 27.7 Å². The first-order valence-electron chi connectivity index (χ1n) is 6.96. The van der Waals surface area contributed by atoms with Crippen molar-refractivity contribution in [2.45, 2.75) is 39.1 Å². The van der Waals surface area contributed by atoms with Crippen molar-refractivity contribution in [3.05, 3.63) is 45.1 Å². The molecule has 4 nitrogen and oxygen atoms in total. The van der Waals surface area contributed by atoms with Crippen LogP contribution in [-0.2, 0) is 11.3 Å². The fraction of sp³-hybridized carbons (Fsp3) is 0.375. The zero-order chi connectivity index (χ0) is 16.3. The van der Waals surface area contributed by atoms with E-state index in [1.54, 1.807) is 0 Å². The fourth-order valence-corrected chi connectivity index (χ4v) is 3.29. The summed E-state index contributed by atoms with van der Waals surface area (Å²) in [6, 6.07) is 4.17. The lowest BCUT2D eigenvalue weighted by Crippen LogP contribution is -2.24. The highest BCUT2D eigenvalue weighted by atomic mass is 79.9. The van der Waals surface area contributed by atoms with Crippen molar-refractivity contribution in [2.75, 3.05) is 5.75 Å². The maximum absolute atomic E-state index is 11.9. The van der Waals surface area contributed by atoms with E-state index in [1.165, 1.54) is 17.3 Å². The molecule has 6 heteroatoms. The zero-order valence-electron chi connectivity index (χ0n) is 13.1. The number of halogens is 1. The van der Waals surface area contributed by atoms with E-state index in [-0.39, 0.29) is 5.91 Å². The van der Waals surface area contributed by atoms with E-state index in [9.17, 15) is 4.79 Å². The third-order valence-electron chi connectivity index (χ3n) is 3.32. The Bertz CT molecular complexity index is 678. The van der Waals surface area contributed by atoms with Crippen LogP contribution >= 0.6 is 27.7 Å². The van der Waals surface area contributed by atoms with Gasteiger partial charge in [0.25, 0.3) is 0 Å². The van der Waals surface area contributed by atoms with E-state index in [0.717, 1.165) is 26.4 Å². The van der Waals surface area contributed by atoms with Crippen LogP contribution < -0.4 is 5.32 Å². The van der Waals surface area contributed by atoms with Crippen molar-refractivity contribution in [3.63, 3.8) is 0 Å². The molecular formula is C16H19BrN2O2S. The second-order valence-electron chi connectivity index (χ2n) is 5.18. The maximum Gasteiger partial charge on any atom is 0.230 e. The molecule has 2 aromatic rings. The minimum absolute atomic E-state index is 0.0292. The molecule has 1 aromatic carbocycles. The number of oxazole rings is 1. The average Bonchev–Trinajstić information content (AvgIpc) is 2.78. The van der Waals surface area contributed by atoms with Gasteiger partial charge in [0.1, 0.15) is 5.76 Å². The highest BCUT2D eigenvalue weighted by Gasteiger charge is 2.09. The molecule has 0 unspecified atom stereocenters. The monoisotopic (exact) mass is 382 g/mol. The molecular weight excluding hydrogens is 364 g/mol. The Kier molecular flexibility index (Phi) is 5.69. The molecule has 1 heterocycles. The summed E-state index contributed by atoms with van der Waals surface area (Å²) in [7, 11) is 0. The smallest absolute Gasteiger partial charge is 0.230 e. The minimum atomic E-state index is -0.0292. The lowest BCUT2D eigenvalue weighted by molar-refractivity contribution is -0.118. The first kappa shape index (κ1) is 17.1. The van der Waals surface area contributed by atoms with E-state index in [1.807, 2.05) is 27.7 Å². The van der Waals surface area contributed by atoms with Gasteiger partial charge in [0, 0.05) is 9.37 Å². The molecule has 0 aliphatic rings. The molecule has 0 aliphatic heterocycles. The second kappa shape index (κ2) is 7.33. The number of benzene rings is 1. The van der Waals surface area contributed by atoms with Crippen LogP contribution in [0.2, 0.25) is 0 Å². The van der Waals surface area contributed by atoms with Gasteiger partial charge in [-0.05, 0) is 51.0 Å². The normalized spacial score (nSPS) is 10.8. The molecule has 0 aliphatic carbocycles. The summed E-state index contributed by atoms with van der Waals surface area (Å²) in [6.45, 7) is 8.16. The van der Waals surface area contributed by atoms with Crippen molar-refractivity contribution in [1.29, 1.82) is 0 Å². The highest BCUT2D eigenvalue weighted by Crippen LogP contribution is 2.28. The Morgan fingerprint density at radius 1 is 1.27 bits per heavy atom. The molecule has 1 N–H and O–H groups in total. The lowest BCUT2D eigenvalue weighted by atomic mass is 10.2. The zero-order valence-corrected chi connectivity index (χ0v) is 15.5. The summed E-state index contributed by atoms with van der Waals surface area (Å²) in [4.78, 5) is 17.3. The predicted molar refractivity (Wildman–Crippen MR) is 92.2 cm³/mol. The van der Waals surface area contributed by atoms with Crippen LogP contribution in [0.5, 0.6) is 0 Å². The molecule has 22 heavy (non-hydrogen) atoms. The molecule has 0 radical (unpaired) electrons. The van der Waals surface area contributed by atoms with Crippen LogP contribution in [0.1, 0.15) is 28.5 Å². The number of amides is 1. The molecule has 0 saturated carbocycles. The van der Waals surface area contributed by atoms with Crippen molar-refractivity contribution < 1.29 is 9.21 Å². The van der Waals surface area contributed by atoms with Crippen molar-refractivity contribution >= 4 is 33.6 Å². The summed E-state index contributed by atoms with van der Waals surface area (Å²) in [6.07, 6.45) is 0. The maximum atomic E-state index is 11.9. The van der Waals surface area contributed by atoms with Crippen LogP contribution in [-0.4, -0.2) is 16.6 Å². The van der Waals surface area contributed by atoms with Gasteiger partial charge in [0.15, 0.2) is 0 Å². The van der Waals surface area contributed by atoms with E-state index in [4.69, 9.17) is 4.42 Å². The standard InChI is InChI=1S/C16H19BrN2O2S/c1-9-6-14(10(2)5-13(9)17)22-8-15(20)18-7-16-19-11(3)12(4)21-16/h5-6H,7-8H2,1-4H3,(H,18,20). The summed E-state index contributed by atoms with van der Waals surface area (Å²) in [5, 5.41) is 2.83. The highest BCUT2D eigenvalue weighted by molar-refractivity contribution is 9.10. The molecule has 0 saturated heterocycles. The van der Waals surface area contributed by atoms with Crippen LogP contribution in [0.3, 0.4) is 0 Å². The Morgan fingerprint density at radius 3 is 2.64 bits per heavy atom. The number of nitrogens with zero attached hydrogens (tertiary/aromatic N) is 1. The fourth-order valence-electron chi connectivity index (χ4n) is 1.89. The number of aryl methyl sites for hydroxylation is 4. The van der Waals surface area contributed by atoms with Crippen LogP contribution in [0.4, 0.5) is 0 Å².